The molecule has 0 atom stereocenters. The zero-order chi connectivity index (χ0) is 15.1. The van der Waals surface area contributed by atoms with E-state index >= 15 is 0 Å². The van der Waals surface area contributed by atoms with E-state index in [2.05, 4.69) is 9.47 Å². The van der Waals surface area contributed by atoms with Crippen LogP contribution in [0.3, 0.4) is 0 Å². The number of nitrogens with zero attached hydrogens (tertiary/aromatic N) is 1. The molecule has 1 aromatic rings. The van der Waals surface area contributed by atoms with Crippen molar-refractivity contribution in [2.75, 3.05) is 19.1 Å². The third kappa shape index (κ3) is 3.68. The van der Waals surface area contributed by atoms with Gasteiger partial charge in [0.2, 0.25) is 5.91 Å². The lowest BCUT2D eigenvalue weighted by Gasteiger charge is -2.22. The number of amides is 1. The van der Waals surface area contributed by atoms with Crippen LogP contribution in [0.25, 0.3) is 0 Å². The van der Waals surface area contributed by atoms with Gasteiger partial charge in [0.15, 0.2) is 0 Å². The van der Waals surface area contributed by atoms with Gasteiger partial charge in [-0.05, 0) is 12.1 Å². The molecule has 1 amide bonds. The second-order valence-corrected chi connectivity index (χ2v) is 3.73. The number of carbonyl (C=O) groups is 3. The molecule has 0 bridgehead atoms. The summed E-state index contributed by atoms with van der Waals surface area (Å²) >= 11 is 0. The molecular weight excluding hydrogens is 262 g/mol. The van der Waals surface area contributed by atoms with Gasteiger partial charge in [0.25, 0.3) is 0 Å². The molecule has 0 aromatic heterocycles. The van der Waals surface area contributed by atoms with Crippen LogP contribution in [-0.2, 0) is 23.9 Å². The van der Waals surface area contributed by atoms with Gasteiger partial charge in [-0.3, -0.25) is 9.69 Å². The third-order valence-electron chi connectivity index (χ3n) is 2.42. The average Bonchev–Trinajstić information content (AvgIpc) is 2.46. The Morgan fingerprint density at radius 3 is 2.10 bits per heavy atom. The molecule has 0 saturated heterocycles. The summed E-state index contributed by atoms with van der Waals surface area (Å²) in [5.41, 5.74) is 0.235. The number of benzene rings is 1. The van der Waals surface area contributed by atoms with E-state index in [4.69, 9.17) is 0 Å². The van der Waals surface area contributed by atoms with Crippen molar-refractivity contribution in [2.45, 2.75) is 6.92 Å². The normalized spacial score (nSPS) is 10.7. The van der Waals surface area contributed by atoms with Gasteiger partial charge < -0.3 is 9.47 Å². The fraction of sp³-hybridized carbons (Fsp3) is 0.214. The first-order valence-corrected chi connectivity index (χ1v) is 5.75. The van der Waals surface area contributed by atoms with Gasteiger partial charge in [0, 0.05) is 12.6 Å². The van der Waals surface area contributed by atoms with Crippen molar-refractivity contribution >= 4 is 23.5 Å². The number of anilines is 1. The van der Waals surface area contributed by atoms with Crippen LogP contribution in [0.2, 0.25) is 0 Å². The minimum atomic E-state index is -0.811. The highest BCUT2D eigenvalue weighted by molar-refractivity contribution is 6.08. The van der Waals surface area contributed by atoms with Crippen molar-refractivity contribution in [1.82, 2.24) is 0 Å². The molecule has 0 fully saturated rings. The van der Waals surface area contributed by atoms with Crippen LogP contribution < -0.4 is 4.90 Å². The van der Waals surface area contributed by atoms with Gasteiger partial charge in [0.05, 0.1) is 20.3 Å². The van der Waals surface area contributed by atoms with E-state index in [0.717, 1.165) is 18.1 Å². The summed E-state index contributed by atoms with van der Waals surface area (Å²) in [6.45, 7) is 1.28. The van der Waals surface area contributed by atoms with Crippen LogP contribution in [0, 0.1) is 0 Å². The first-order chi connectivity index (χ1) is 9.51. The molecule has 1 rings (SSSR count). The molecule has 106 valence electrons. The minimum Gasteiger partial charge on any atom is -0.466 e. The summed E-state index contributed by atoms with van der Waals surface area (Å²) in [4.78, 5) is 36.0. The standard InChI is InChI=1S/C14H15NO5/c1-10(16)15(11-7-5-4-6-8-11)12(14(18)20-3)9-13(17)19-2/h4-9H,1-3H3. The maximum absolute atomic E-state index is 11.8. The molecule has 6 heteroatoms. The van der Waals surface area contributed by atoms with E-state index in [1.807, 2.05) is 0 Å². The second kappa shape index (κ2) is 7.08. The highest BCUT2D eigenvalue weighted by Gasteiger charge is 2.24. The Morgan fingerprint density at radius 2 is 1.65 bits per heavy atom. The highest BCUT2D eigenvalue weighted by atomic mass is 16.5. The molecule has 0 unspecified atom stereocenters. The number of methoxy groups -OCH3 is 2. The van der Waals surface area contributed by atoms with E-state index in [0.29, 0.717) is 5.69 Å². The van der Waals surface area contributed by atoms with Gasteiger partial charge in [-0.25, -0.2) is 9.59 Å². The maximum atomic E-state index is 11.8. The van der Waals surface area contributed by atoms with Crippen LogP contribution >= 0.6 is 0 Å². The Balaban J connectivity index is 3.33. The summed E-state index contributed by atoms with van der Waals surface area (Å²) < 4.78 is 9.08. The largest absolute Gasteiger partial charge is 0.466 e. The van der Waals surface area contributed by atoms with Crippen LogP contribution in [-0.4, -0.2) is 32.1 Å². The molecule has 0 spiro atoms. The van der Waals surface area contributed by atoms with E-state index in [9.17, 15) is 14.4 Å². The number of ether oxygens (including phenoxy) is 2. The fourth-order valence-corrected chi connectivity index (χ4v) is 1.56. The summed E-state index contributed by atoms with van der Waals surface area (Å²) in [5, 5.41) is 0. The smallest absolute Gasteiger partial charge is 0.355 e. The summed E-state index contributed by atoms with van der Waals surface area (Å²) in [6.07, 6.45) is 0.917. The fourth-order valence-electron chi connectivity index (χ4n) is 1.56. The summed E-state index contributed by atoms with van der Waals surface area (Å²) in [5.74, 6) is -2.00. The Labute approximate surface area is 116 Å². The number of para-hydroxylation sites is 1. The average molecular weight is 277 g/mol. The van der Waals surface area contributed by atoms with E-state index < -0.39 is 17.8 Å². The predicted octanol–water partition coefficient (Wildman–Crippen LogP) is 1.27. The van der Waals surface area contributed by atoms with Crippen LogP contribution in [0.1, 0.15) is 6.92 Å². The van der Waals surface area contributed by atoms with E-state index in [-0.39, 0.29) is 5.70 Å². The zero-order valence-electron chi connectivity index (χ0n) is 11.5. The number of esters is 2. The Morgan fingerprint density at radius 1 is 1.05 bits per heavy atom. The molecule has 6 nitrogen and oxygen atoms in total. The molecule has 0 N–H and O–H groups in total. The topological polar surface area (TPSA) is 72.9 Å². The Hall–Kier alpha value is -2.63. The van der Waals surface area contributed by atoms with Gasteiger partial charge in [0.1, 0.15) is 5.70 Å². The Kier molecular flexibility index (Phi) is 5.46. The van der Waals surface area contributed by atoms with Crippen molar-refractivity contribution in [1.29, 1.82) is 0 Å². The van der Waals surface area contributed by atoms with Crippen LogP contribution in [0.5, 0.6) is 0 Å². The molecule has 1 aromatic carbocycles. The summed E-state index contributed by atoms with van der Waals surface area (Å²) in [6, 6.07) is 8.45. The van der Waals surface area contributed by atoms with Crippen molar-refractivity contribution in [2.24, 2.45) is 0 Å². The summed E-state index contributed by atoms with van der Waals surface area (Å²) in [7, 11) is 2.34. The van der Waals surface area contributed by atoms with E-state index in [1.54, 1.807) is 30.3 Å². The molecule has 0 aliphatic rings. The van der Waals surface area contributed by atoms with Crippen molar-refractivity contribution in [3.63, 3.8) is 0 Å². The molecular formula is C14H15NO5. The van der Waals surface area contributed by atoms with Crippen LogP contribution in [0.4, 0.5) is 5.69 Å². The predicted molar refractivity (Wildman–Crippen MR) is 71.7 cm³/mol. The van der Waals surface area contributed by atoms with Crippen molar-refractivity contribution < 1.29 is 23.9 Å². The van der Waals surface area contributed by atoms with Gasteiger partial charge in [-0.15, -0.1) is 0 Å². The number of carbonyl (C=O) groups excluding carboxylic acids is 3. The van der Waals surface area contributed by atoms with Gasteiger partial charge in [-0.1, -0.05) is 18.2 Å². The Bertz CT molecular complexity index is 536. The van der Waals surface area contributed by atoms with Gasteiger partial charge in [-0.2, -0.15) is 0 Å². The number of hydrogen-bond acceptors (Lipinski definition) is 5. The monoisotopic (exact) mass is 277 g/mol. The quantitative estimate of drug-likeness (QED) is 0.612. The molecule has 0 aliphatic carbocycles. The van der Waals surface area contributed by atoms with Gasteiger partial charge >= 0.3 is 11.9 Å². The van der Waals surface area contributed by atoms with E-state index in [1.165, 1.54) is 14.0 Å². The van der Waals surface area contributed by atoms with Crippen molar-refractivity contribution in [3.05, 3.63) is 42.1 Å². The molecule has 0 aliphatic heterocycles. The first-order valence-electron chi connectivity index (χ1n) is 5.75. The lowest BCUT2D eigenvalue weighted by molar-refractivity contribution is -0.139. The molecule has 20 heavy (non-hydrogen) atoms. The first kappa shape index (κ1) is 15.4. The van der Waals surface area contributed by atoms with Crippen molar-refractivity contribution in [3.8, 4) is 0 Å². The molecule has 0 heterocycles. The number of hydrogen-bond donors (Lipinski definition) is 0. The minimum absolute atomic E-state index is 0.210. The maximum Gasteiger partial charge on any atom is 0.355 e. The molecule has 0 radical (unpaired) electrons. The molecule has 0 saturated carbocycles. The SMILES string of the molecule is COC(=O)C=C(C(=O)OC)N(C(C)=O)c1ccccc1. The van der Waals surface area contributed by atoms with Crippen LogP contribution in [0.15, 0.2) is 42.1 Å². The second-order valence-electron chi connectivity index (χ2n) is 3.73. The highest BCUT2D eigenvalue weighted by Crippen LogP contribution is 2.20. The lowest BCUT2D eigenvalue weighted by atomic mass is 10.2. The number of rotatable bonds is 4. The lowest BCUT2D eigenvalue weighted by Crippen LogP contribution is -2.33. The zero-order valence-corrected chi connectivity index (χ0v) is 11.5. The third-order valence-corrected chi connectivity index (χ3v) is 2.42.